The lowest BCUT2D eigenvalue weighted by Gasteiger charge is -2.25. The van der Waals surface area contributed by atoms with Crippen LogP contribution in [0.4, 0.5) is 8.78 Å². The predicted octanol–water partition coefficient (Wildman–Crippen LogP) is 4.38. The van der Waals surface area contributed by atoms with Gasteiger partial charge in [0.2, 0.25) is 5.91 Å². The normalized spacial score (nSPS) is 12.6. The average Bonchev–Trinajstić information content (AvgIpc) is 2.90. The molecule has 3 aromatic rings. The molecule has 1 amide bonds. The van der Waals surface area contributed by atoms with Crippen LogP contribution in [-0.2, 0) is 24.2 Å². The van der Waals surface area contributed by atoms with E-state index >= 15 is 0 Å². The second-order valence-corrected chi connectivity index (χ2v) is 9.18. The number of aliphatic hydroxyl groups is 1. The molecule has 0 aliphatic heterocycles. The van der Waals surface area contributed by atoms with Gasteiger partial charge in [-0.25, -0.2) is 8.78 Å². The van der Waals surface area contributed by atoms with E-state index in [9.17, 15) is 23.5 Å². The van der Waals surface area contributed by atoms with Crippen LogP contribution in [0.25, 0.3) is 0 Å². The molecule has 8 heteroatoms. The first-order valence-electron chi connectivity index (χ1n) is 12.7. The van der Waals surface area contributed by atoms with Crippen LogP contribution < -0.4 is 15.4 Å². The van der Waals surface area contributed by atoms with Crippen molar-refractivity contribution in [2.75, 3.05) is 13.7 Å². The van der Waals surface area contributed by atoms with Gasteiger partial charge in [-0.15, -0.1) is 0 Å². The van der Waals surface area contributed by atoms with Crippen LogP contribution in [0.1, 0.15) is 46.8 Å². The topological polar surface area (TPSA) is 87.7 Å². The van der Waals surface area contributed by atoms with Crippen molar-refractivity contribution < 1.29 is 28.2 Å². The Hall–Kier alpha value is -3.62. The van der Waals surface area contributed by atoms with Gasteiger partial charge in [0.05, 0.1) is 19.3 Å². The van der Waals surface area contributed by atoms with Gasteiger partial charge in [0.15, 0.2) is 5.78 Å². The number of ether oxygens (including phenoxy) is 1. The minimum absolute atomic E-state index is 0.0123. The van der Waals surface area contributed by atoms with E-state index in [2.05, 4.69) is 23.6 Å². The van der Waals surface area contributed by atoms with Crippen LogP contribution in [-0.4, -0.2) is 42.6 Å². The zero-order valence-electron chi connectivity index (χ0n) is 21.7. The number of aryl methyl sites for hydroxylation is 1. The van der Waals surface area contributed by atoms with Gasteiger partial charge in [-0.05, 0) is 53.8 Å². The van der Waals surface area contributed by atoms with E-state index in [-0.39, 0.29) is 31.6 Å². The van der Waals surface area contributed by atoms with Crippen LogP contribution in [0.3, 0.4) is 0 Å². The summed E-state index contributed by atoms with van der Waals surface area (Å²) in [7, 11) is 1.50. The van der Waals surface area contributed by atoms with Gasteiger partial charge in [0.1, 0.15) is 17.4 Å². The van der Waals surface area contributed by atoms with E-state index in [1.807, 2.05) is 18.2 Å². The Bertz CT molecular complexity index is 1210. The largest absolute Gasteiger partial charge is 0.497 e. The van der Waals surface area contributed by atoms with Gasteiger partial charge in [-0.2, -0.15) is 0 Å². The second kappa shape index (κ2) is 14.4. The smallest absolute Gasteiger partial charge is 0.220 e. The number of nitrogens with one attached hydrogen (secondary N) is 2. The Morgan fingerprint density at radius 1 is 0.921 bits per heavy atom. The van der Waals surface area contributed by atoms with Crippen molar-refractivity contribution in [3.05, 3.63) is 101 Å². The Balaban J connectivity index is 1.62. The van der Waals surface area contributed by atoms with Crippen LogP contribution in [0.5, 0.6) is 5.75 Å². The third-order valence-electron chi connectivity index (χ3n) is 6.24. The molecular formula is C30H34F2N2O4. The maximum absolute atomic E-state index is 13.8. The molecule has 0 saturated heterocycles. The molecule has 0 aromatic heterocycles. The first-order valence-corrected chi connectivity index (χ1v) is 12.7. The lowest BCUT2D eigenvalue weighted by atomic mass is 9.99. The molecule has 3 rings (SSSR count). The SMILES string of the molecule is CCc1cccc(CNC[C@H](O)C(Cc2cc(F)cc(F)c2)NC(=O)CCC(=O)c2cccc(OC)c2)c1. The lowest BCUT2D eigenvalue weighted by Crippen LogP contribution is -2.48. The molecule has 0 saturated carbocycles. The highest BCUT2D eigenvalue weighted by Crippen LogP contribution is 2.16. The Labute approximate surface area is 222 Å². The monoisotopic (exact) mass is 524 g/mol. The third-order valence-corrected chi connectivity index (χ3v) is 6.24. The number of Topliss-reactive ketones (excluding diaryl/α,β-unsaturated/α-hetero) is 1. The highest BCUT2D eigenvalue weighted by Gasteiger charge is 2.23. The molecule has 2 atom stereocenters. The Morgan fingerprint density at radius 3 is 2.34 bits per heavy atom. The third kappa shape index (κ3) is 9.04. The molecule has 0 aliphatic rings. The van der Waals surface area contributed by atoms with E-state index in [1.54, 1.807) is 24.3 Å². The fourth-order valence-corrected chi connectivity index (χ4v) is 4.18. The van der Waals surface area contributed by atoms with Crippen molar-refractivity contribution in [3.63, 3.8) is 0 Å². The van der Waals surface area contributed by atoms with Crippen LogP contribution in [0, 0.1) is 11.6 Å². The molecule has 3 N–H and O–H groups in total. The number of methoxy groups -OCH3 is 1. The number of hydrogen-bond donors (Lipinski definition) is 3. The molecule has 0 radical (unpaired) electrons. The summed E-state index contributed by atoms with van der Waals surface area (Å²) in [5, 5.41) is 16.8. The summed E-state index contributed by atoms with van der Waals surface area (Å²) in [5.74, 6) is -1.60. The van der Waals surface area contributed by atoms with E-state index in [0.29, 0.717) is 23.4 Å². The number of aliphatic hydroxyl groups excluding tert-OH is 1. The number of benzene rings is 3. The number of carbonyl (C=O) groups is 2. The van der Waals surface area contributed by atoms with Gasteiger partial charge >= 0.3 is 0 Å². The zero-order chi connectivity index (χ0) is 27.5. The minimum Gasteiger partial charge on any atom is -0.497 e. The van der Waals surface area contributed by atoms with Crippen molar-refractivity contribution in [3.8, 4) is 5.75 Å². The molecule has 6 nitrogen and oxygen atoms in total. The molecule has 38 heavy (non-hydrogen) atoms. The van der Waals surface area contributed by atoms with E-state index < -0.39 is 29.7 Å². The average molecular weight is 525 g/mol. The van der Waals surface area contributed by atoms with Crippen molar-refractivity contribution in [2.24, 2.45) is 0 Å². The number of halogens is 2. The molecule has 1 unspecified atom stereocenters. The Morgan fingerprint density at radius 2 is 1.63 bits per heavy atom. The maximum Gasteiger partial charge on any atom is 0.220 e. The number of ketones is 1. The first-order chi connectivity index (χ1) is 18.3. The zero-order valence-corrected chi connectivity index (χ0v) is 21.7. The first kappa shape index (κ1) is 28.9. The van der Waals surface area contributed by atoms with Crippen molar-refractivity contribution in [2.45, 2.75) is 51.3 Å². The molecule has 0 spiro atoms. The highest BCUT2D eigenvalue weighted by molar-refractivity contribution is 5.98. The molecule has 0 heterocycles. The number of carbonyl (C=O) groups excluding carboxylic acids is 2. The summed E-state index contributed by atoms with van der Waals surface area (Å²) < 4.78 is 32.7. The van der Waals surface area contributed by atoms with Gasteiger partial charge in [-0.1, -0.05) is 43.3 Å². The number of hydrogen-bond acceptors (Lipinski definition) is 5. The fourth-order valence-electron chi connectivity index (χ4n) is 4.18. The maximum atomic E-state index is 13.8. The summed E-state index contributed by atoms with van der Waals surface area (Å²) in [6.45, 7) is 2.72. The van der Waals surface area contributed by atoms with Gasteiger partial charge in [-0.3, -0.25) is 9.59 Å². The molecule has 202 valence electrons. The van der Waals surface area contributed by atoms with Gasteiger partial charge in [0.25, 0.3) is 0 Å². The van der Waals surface area contributed by atoms with Crippen molar-refractivity contribution in [1.82, 2.24) is 10.6 Å². The summed E-state index contributed by atoms with van der Waals surface area (Å²) in [5.41, 5.74) is 2.99. The lowest BCUT2D eigenvalue weighted by molar-refractivity contribution is -0.122. The van der Waals surface area contributed by atoms with Gasteiger partial charge < -0.3 is 20.5 Å². The van der Waals surface area contributed by atoms with E-state index in [1.165, 1.54) is 24.8 Å². The minimum atomic E-state index is -1.05. The van der Waals surface area contributed by atoms with E-state index in [4.69, 9.17) is 4.74 Å². The van der Waals surface area contributed by atoms with E-state index in [0.717, 1.165) is 18.1 Å². The number of rotatable bonds is 14. The molecular weight excluding hydrogens is 490 g/mol. The molecule has 3 aromatic carbocycles. The predicted molar refractivity (Wildman–Crippen MR) is 142 cm³/mol. The molecule has 0 bridgehead atoms. The number of amides is 1. The standard InChI is InChI=1S/C30H34F2N2O4/c1-3-20-6-4-7-21(12-20)18-33-19-29(36)27(15-22-13-24(31)17-25(32)14-22)34-30(37)11-10-28(35)23-8-5-9-26(16-23)38-2/h4-9,12-14,16-17,27,29,33,36H,3,10-11,15,18-19H2,1-2H3,(H,34,37)/t27?,29-/m0/s1. The highest BCUT2D eigenvalue weighted by atomic mass is 19.1. The summed E-state index contributed by atoms with van der Waals surface area (Å²) >= 11 is 0. The van der Waals surface area contributed by atoms with Crippen LogP contribution in [0.2, 0.25) is 0 Å². The van der Waals surface area contributed by atoms with Gasteiger partial charge in [0, 0.05) is 37.6 Å². The van der Waals surface area contributed by atoms with Crippen molar-refractivity contribution in [1.29, 1.82) is 0 Å². The van der Waals surface area contributed by atoms with Crippen LogP contribution in [0.15, 0.2) is 66.7 Å². The summed E-state index contributed by atoms with van der Waals surface area (Å²) in [6.07, 6.45) is -0.266. The second-order valence-electron chi connectivity index (χ2n) is 9.18. The van der Waals surface area contributed by atoms with Crippen molar-refractivity contribution >= 4 is 11.7 Å². The van der Waals surface area contributed by atoms with Crippen LogP contribution >= 0.6 is 0 Å². The molecule has 0 aliphatic carbocycles. The summed E-state index contributed by atoms with van der Waals surface area (Å²) in [4.78, 5) is 25.3. The molecule has 0 fully saturated rings. The summed E-state index contributed by atoms with van der Waals surface area (Å²) in [6, 6.07) is 17.0. The quantitative estimate of drug-likeness (QED) is 0.273. The Kier molecular flexibility index (Phi) is 10.9. The fraction of sp³-hybridized carbons (Fsp3) is 0.333.